The SMILES string of the molecule is CCOc1cc(/C=N\O)cc(Br)c1OC(=O)c1cccc2ccccc12. The number of ether oxygens (including phenoxy) is 2. The van der Waals surface area contributed by atoms with Crippen LogP contribution in [-0.2, 0) is 0 Å². The standard InChI is InChI=1S/C20H16BrNO4/c1-2-25-18-11-13(12-22-24)10-17(21)19(18)26-20(23)16-9-5-7-14-6-3-4-8-15(14)16/h3-12,24H,2H2,1H3/b22-12-. The number of fused-ring (bicyclic) bond motifs is 1. The number of carbonyl (C=O) groups excluding carboxylic acids is 1. The van der Waals surface area contributed by atoms with E-state index in [1.165, 1.54) is 6.21 Å². The van der Waals surface area contributed by atoms with Gasteiger partial charge >= 0.3 is 5.97 Å². The number of oxime groups is 1. The van der Waals surface area contributed by atoms with Crippen LogP contribution in [-0.4, -0.2) is 24.0 Å². The van der Waals surface area contributed by atoms with Gasteiger partial charge in [-0.25, -0.2) is 4.79 Å². The Morgan fingerprint density at radius 1 is 1.19 bits per heavy atom. The van der Waals surface area contributed by atoms with Crippen molar-refractivity contribution in [1.29, 1.82) is 0 Å². The average Bonchev–Trinajstić information content (AvgIpc) is 2.64. The number of carbonyl (C=O) groups is 1. The fourth-order valence-corrected chi connectivity index (χ4v) is 3.18. The predicted octanol–water partition coefficient (Wildman–Crippen LogP) is 5.03. The van der Waals surface area contributed by atoms with Crippen LogP contribution in [0.2, 0.25) is 0 Å². The molecule has 0 aliphatic carbocycles. The summed E-state index contributed by atoms with van der Waals surface area (Å²) in [5.74, 6) is 0.178. The van der Waals surface area contributed by atoms with Crippen LogP contribution in [0.4, 0.5) is 0 Å². The number of hydrogen-bond acceptors (Lipinski definition) is 5. The van der Waals surface area contributed by atoms with Crippen LogP contribution in [0.25, 0.3) is 10.8 Å². The van der Waals surface area contributed by atoms with Gasteiger partial charge in [-0.15, -0.1) is 0 Å². The Labute approximate surface area is 159 Å². The first kappa shape index (κ1) is 17.9. The second-order valence-corrected chi connectivity index (χ2v) is 6.28. The second-order valence-electron chi connectivity index (χ2n) is 5.42. The van der Waals surface area contributed by atoms with E-state index in [-0.39, 0.29) is 5.75 Å². The van der Waals surface area contributed by atoms with Crippen molar-refractivity contribution in [1.82, 2.24) is 0 Å². The highest BCUT2D eigenvalue weighted by Crippen LogP contribution is 2.37. The van der Waals surface area contributed by atoms with E-state index in [1.54, 1.807) is 18.2 Å². The van der Waals surface area contributed by atoms with Gasteiger partial charge in [0.1, 0.15) is 0 Å². The summed E-state index contributed by atoms with van der Waals surface area (Å²) in [4.78, 5) is 12.8. The van der Waals surface area contributed by atoms with Gasteiger partial charge in [0, 0.05) is 5.56 Å². The van der Waals surface area contributed by atoms with Crippen LogP contribution in [0.15, 0.2) is 64.2 Å². The van der Waals surface area contributed by atoms with Crippen molar-refractivity contribution in [3.63, 3.8) is 0 Å². The summed E-state index contributed by atoms with van der Waals surface area (Å²) in [7, 11) is 0. The normalized spacial score (nSPS) is 11.0. The summed E-state index contributed by atoms with van der Waals surface area (Å²) in [6, 6.07) is 16.4. The van der Waals surface area contributed by atoms with Gasteiger partial charge in [-0.1, -0.05) is 41.6 Å². The Hall–Kier alpha value is -2.86. The monoisotopic (exact) mass is 413 g/mol. The molecule has 132 valence electrons. The minimum Gasteiger partial charge on any atom is -0.490 e. The molecule has 6 heteroatoms. The van der Waals surface area contributed by atoms with Crippen molar-refractivity contribution < 1.29 is 19.5 Å². The summed E-state index contributed by atoms with van der Waals surface area (Å²) in [6.07, 6.45) is 1.27. The minimum absolute atomic E-state index is 0.278. The van der Waals surface area contributed by atoms with Crippen molar-refractivity contribution in [2.75, 3.05) is 6.61 Å². The van der Waals surface area contributed by atoms with Gasteiger partial charge in [0.2, 0.25) is 0 Å². The van der Waals surface area contributed by atoms with E-state index in [2.05, 4.69) is 21.1 Å². The first-order chi connectivity index (χ1) is 12.6. The minimum atomic E-state index is -0.480. The van der Waals surface area contributed by atoms with Gasteiger partial charge in [0.15, 0.2) is 11.5 Å². The van der Waals surface area contributed by atoms with Crippen molar-refractivity contribution in [3.05, 3.63) is 70.2 Å². The molecule has 0 aliphatic rings. The van der Waals surface area contributed by atoms with E-state index < -0.39 is 5.97 Å². The van der Waals surface area contributed by atoms with Crippen LogP contribution in [0, 0.1) is 0 Å². The molecule has 5 nitrogen and oxygen atoms in total. The Morgan fingerprint density at radius 3 is 2.73 bits per heavy atom. The lowest BCUT2D eigenvalue weighted by Gasteiger charge is -2.14. The van der Waals surface area contributed by atoms with Crippen LogP contribution >= 0.6 is 15.9 Å². The van der Waals surface area contributed by atoms with Gasteiger partial charge < -0.3 is 14.7 Å². The molecule has 0 aliphatic heterocycles. The highest BCUT2D eigenvalue weighted by molar-refractivity contribution is 9.10. The number of nitrogens with zero attached hydrogens (tertiary/aromatic N) is 1. The summed E-state index contributed by atoms with van der Waals surface area (Å²) < 4.78 is 11.7. The molecule has 0 radical (unpaired) electrons. The highest BCUT2D eigenvalue weighted by Gasteiger charge is 2.18. The quantitative estimate of drug-likeness (QED) is 0.209. The van der Waals surface area contributed by atoms with Gasteiger partial charge in [-0.2, -0.15) is 0 Å². The summed E-state index contributed by atoms with van der Waals surface area (Å²) in [5, 5.41) is 13.5. The van der Waals surface area contributed by atoms with E-state index in [1.807, 2.05) is 43.3 Å². The maximum absolute atomic E-state index is 12.8. The molecule has 0 aromatic heterocycles. The third kappa shape index (κ3) is 3.70. The summed E-state index contributed by atoms with van der Waals surface area (Å²) >= 11 is 3.39. The number of hydrogen-bond donors (Lipinski definition) is 1. The molecular weight excluding hydrogens is 398 g/mol. The zero-order valence-corrected chi connectivity index (χ0v) is 15.6. The van der Waals surface area contributed by atoms with E-state index in [0.717, 1.165) is 10.8 Å². The van der Waals surface area contributed by atoms with Crippen molar-refractivity contribution >= 4 is 38.9 Å². The number of benzene rings is 3. The Morgan fingerprint density at radius 2 is 1.96 bits per heavy atom. The number of halogens is 1. The Balaban J connectivity index is 2.01. The molecule has 0 fully saturated rings. The lowest BCUT2D eigenvalue weighted by atomic mass is 10.0. The van der Waals surface area contributed by atoms with Crippen molar-refractivity contribution in [2.24, 2.45) is 5.16 Å². The Kier molecular flexibility index (Phi) is 5.53. The topological polar surface area (TPSA) is 68.1 Å². The summed E-state index contributed by atoms with van der Waals surface area (Å²) in [6.45, 7) is 2.22. The summed E-state index contributed by atoms with van der Waals surface area (Å²) in [5.41, 5.74) is 1.08. The maximum Gasteiger partial charge on any atom is 0.344 e. The largest absolute Gasteiger partial charge is 0.490 e. The van der Waals surface area contributed by atoms with Gasteiger partial charge in [-0.3, -0.25) is 0 Å². The zero-order valence-electron chi connectivity index (χ0n) is 14.0. The smallest absolute Gasteiger partial charge is 0.344 e. The molecule has 0 spiro atoms. The third-order valence-corrected chi connectivity index (χ3v) is 4.33. The van der Waals surface area contributed by atoms with E-state index in [0.29, 0.717) is 28.0 Å². The van der Waals surface area contributed by atoms with E-state index in [4.69, 9.17) is 14.7 Å². The first-order valence-corrected chi connectivity index (χ1v) is 8.77. The highest BCUT2D eigenvalue weighted by atomic mass is 79.9. The molecule has 0 atom stereocenters. The third-order valence-electron chi connectivity index (χ3n) is 3.74. The van der Waals surface area contributed by atoms with Gasteiger partial charge in [0.25, 0.3) is 0 Å². The predicted molar refractivity (Wildman–Crippen MR) is 104 cm³/mol. The number of rotatable bonds is 5. The maximum atomic E-state index is 12.8. The molecule has 0 saturated heterocycles. The van der Waals surface area contributed by atoms with Crippen LogP contribution < -0.4 is 9.47 Å². The molecule has 3 rings (SSSR count). The molecule has 3 aromatic rings. The molecule has 0 saturated carbocycles. The van der Waals surface area contributed by atoms with E-state index in [9.17, 15) is 4.79 Å². The van der Waals surface area contributed by atoms with Crippen LogP contribution in [0.5, 0.6) is 11.5 Å². The van der Waals surface area contributed by atoms with E-state index >= 15 is 0 Å². The lowest BCUT2D eigenvalue weighted by molar-refractivity contribution is 0.0729. The van der Waals surface area contributed by atoms with Crippen molar-refractivity contribution in [2.45, 2.75) is 6.92 Å². The first-order valence-electron chi connectivity index (χ1n) is 7.97. The molecular formula is C20H16BrNO4. The molecule has 0 amide bonds. The molecule has 1 N–H and O–H groups in total. The zero-order chi connectivity index (χ0) is 18.5. The fourth-order valence-electron chi connectivity index (χ4n) is 2.64. The Bertz CT molecular complexity index is 979. The second kappa shape index (κ2) is 8.01. The average molecular weight is 414 g/mol. The molecule has 0 bridgehead atoms. The fraction of sp³-hybridized carbons (Fsp3) is 0.100. The molecule has 0 unspecified atom stereocenters. The lowest BCUT2D eigenvalue weighted by Crippen LogP contribution is -2.11. The van der Waals surface area contributed by atoms with Crippen molar-refractivity contribution in [3.8, 4) is 11.5 Å². The van der Waals surface area contributed by atoms with Gasteiger partial charge in [-0.05, 0) is 51.8 Å². The molecule has 0 heterocycles. The molecule has 3 aromatic carbocycles. The molecule has 26 heavy (non-hydrogen) atoms. The van der Waals surface area contributed by atoms with Crippen LogP contribution in [0.3, 0.4) is 0 Å². The van der Waals surface area contributed by atoms with Gasteiger partial charge in [0.05, 0.1) is 22.9 Å². The number of esters is 1. The van der Waals surface area contributed by atoms with Crippen LogP contribution in [0.1, 0.15) is 22.8 Å².